The first-order valence-electron chi connectivity index (χ1n) is 11.0. The molecule has 0 saturated carbocycles. The molecule has 1 atom stereocenters. The lowest BCUT2D eigenvalue weighted by Crippen LogP contribution is -2.42. The number of halogens is 1. The van der Waals surface area contributed by atoms with Crippen molar-refractivity contribution < 1.29 is 9.18 Å². The molecule has 1 aromatic heterocycles. The number of amides is 2. The Morgan fingerprint density at radius 2 is 1.71 bits per heavy atom. The molecule has 2 amide bonds. The highest BCUT2D eigenvalue weighted by Gasteiger charge is 2.36. The third-order valence-electron chi connectivity index (χ3n) is 6.39. The summed E-state index contributed by atoms with van der Waals surface area (Å²) in [4.78, 5) is 18.1. The lowest BCUT2D eigenvalue weighted by atomic mass is 9.88. The molecule has 3 nitrogen and oxygen atoms in total. The van der Waals surface area contributed by atoms with E-state index in [1.54, 1.807) is 0 Å². The number of aryl methyl sites for hydroxylation is 3. The first-order valence-corrected chi connectivity index (χ1v) is 11.9. The summed E-state index contributed by atoms with van der Waals surface area (Å²) in [7, 11) is 0. The maximum atomic E-state index is 13.7. The third kappa shape index (κ3) is 3.87. The van der Waals surface area contributed by atoms with Gasteiger partial charge in [-0.1, -0.05) is 18.2 Å². The molecule has 3 aromatic rings. The first-order chi connectivity index (χ1) is 15.0. The van der Waals surface area contributed by atoms with Crippen LogP contribution in [0, 0.1) is 19.7 Å². The van der Waals surface area contributed by atoms with Gasteiger partial charge in [-0.2, -0.15) is 0 Å². The van der Waals surface area contributed by atoms with E-state index in [0.29, 0.717) is 6.54 Å². The summed E-state index contributed by atoms with van der Waals surface area (Å²) in [6.07, 6.45) is 5.65. The van der Waals surface area contributed by atoms with Crippen molar-refractivity contribution in [3.63, 3.8) is 0 Å². The summed E-state index contributed by atoms with van der Waals surface area (Å²) in [6, 6.07) is 12.5. The van der Waals surface area contributed by atoms with Crippen molar-refractivity contribution >= 4 is 23.1 Å². The van der Waals surface area contributed by atoms with Gasteiger partial charge in [-0.3, -0.25) is 0 Å². The Bertz CT molecular complexity index is 1110. The average molecular weight is 435 g/mol. The topological polar surface area (TPSA) is 32.3 Å². The molecule has 31 heavy (non-hydrogen) atoms. The Morgan fingerprint density at radius 1 is 1.00 bits per heavy atom. The minimum atomic E-state index is -0.253. The molecular weight excluding hydrogens is 407 g/mol. The fraction of sp³-hybridized carbons (Fsp3) is 0.346. The Kier molecular flexibility index (Phi) is 5.30. The highest BCUT2D eigenvalue weighted by Crippen LogP contribution is 2.45. The van der Waals surface area contributed by atoms with E-state index in [9.17, 15) is 9.18 Å². The fourth-order valence-corrected chi connectivity index (χ4v) is 6.67. The van der Waals surface area contributed by atoms with Crippen LogP contribution < -0.4 is 5.32 Å². The molecule has 5 rings (SSSR count). The Balaban J connectivity index is 1.53. The Morgan fingerprint density at radius 3 is 2.45 bits per heavy atom. The molecule has 0 saturated heterocycles. The van der Waals surface area contributed by atoms with Gasteiger partial charge in [0.15, 0.2) is 0 Å². The van der Waals surface area contributed by atoms with E-state index in [2.05, 4.69) is 11.4 Å². The summed E-state index contributed by atoms with van der Waals surface area (Å²) in [5.41, 5.74) is 6.99. The van der Waals surface area contributed by atoms with Crippen LogP contribution >= 0.6 is 11.3 Å². The molecule has 0 radical (unpaired) electrons. The van der Waals surface area contributed by atoms with Crippen molar-refractivity contribution in [2.24, 2.45) is 0 Å². The highest BCUT2D eigenvalue weighted by atomic mass is 32.1. The van der Waals surface area contributed by atoms with Crippen LogP contribution in [-0.2, 0) is 19.3 Å². The number of carbonyl (C=O) groups is 1. The van der Waals surface area contributed by atoms with Gasteiger partial charge in [-0.05, 0) is 98.0 Å². The molecule has 5 heteroatoms. The van der Waals surface area contributed by atoms with Crippen LogP contribution in [0.4, 0.5) is 14.9 Å². The zero-order chi connectivity index (χ0) is 21.5. The second-order valence-electron chi connectivity index (χ2n) is 8.76. The maximum absolute atomic E-state index is 13.7. The summed E-state index contributed by atoms with van der Waals surface area (Å²) in [6.45, 7) is 4.73. The largest absolute Gasteiger partial charge is 0.322 e. The molecular formula is C26H27FN2OS. The number of nitrogens with one attached hydrogen (secondary N) is 1. The van der Waals surface area contributed by atoms with Crippen molar-refractivity contribution in [1.29, 1.82) is 0 Å². The van der Waals surface area contributed by atoms with Crippen molar-refractivity contribution in [3.05, 3.63) is 85.9 Å². The molecule has 1 aliphatic heterocycles. The smallest absolute Gasteiger partial charge is 0.312 e. The van der Waals surface area contributed by atoms with E-state index in [1.807, 2.05) is 54.3 Å². The molecule has 160 valence electrons. The van der Waals surface area contributed by atoms with Gasteiger partial charge in [-0.15, -0.1) is 11.3 Å². The Hall–Kier alpha value is -2.66. The van der Waals surface area contributed by atoms with Gasteiger partial charge < -0.3 is 10.2 Å². The van der Waals surface area contributed by atoms with Crippen molar-refractivity contribution in [2.45, 2.75) is 52.0 Å². The van der Waals surface area contributed by atoms with Gasteiger partial charge in [-0.25, -0.2) is 9.18 Å². The van der Waals surface area contributed by atoms with Crippen LogP contribution in [0.2, 0.25) is 0 Å². The number of fused-ring (bicyclic) bond motifs is 3. The van der Waals surface area contributed by atoms with Gasteiger partial charge in [0.1, 0.15) is 5.82 Å². The maximum Gasteiger partial charge on any atom is 0.322 e. The number of carbonyl (C=O) groups excluding carboxylic acids is 1. The average Bonchev–Trinajstić information content (AvgIpc) is 3.12. The van der Waals surface area contributed by atoms with Crippen LogP contribution in [0.5, 0.6) is 0 Å². The van der Waals surface area contributed by atoms with Gasteiger partial charge >= 0.3 is 6.03 Å². The molecule has 0 spiro atoms. The molecule has 1 aliphatic carbocycles. The fourth-order valence-electron chi connectivity index (χ4n) is 5.09. The SMILES string of the molecule is Cc1cc(C)cc(NC(=O)N2CCc3c(sc4c3CCCC4)[C@H]2c2ccc(F)cc2)c1. The Labute approximate surface area is 186 Å². The summed E-state index contributed by atoms with van der Waals surface area (Å²) in [5.74, 6) is -0.253. The van der Waals surface area contributed by atoms with Crippen molar-refractivity contribution in [3.8, 4) is 0 Å². The zero-order valence-corrected chi connectivity index (χ0v) is 18.8. The summed E-state index contributed by atoms with van der Waals surface area (Å²) < 4.78 is 13.7. The molecule has 0 unspecified atom stereocenters. The standard InChI is InChI=1S/C26H27FN2OS/c1-16-13-17(2)15-20(14-16)28-26(30)29-12-11-22-21-5-3-4-6-23(21)31-25(22)24(29)18-7-9-19(27)10-8-18/h7-10,13-15,24H,3-6,11-12H2,1-2H3,(H,28,30)/t24-/m1/s1. The zero-order valence-electron chi connectivity index (χ0n) is 18.0. The van der Waals surface area contributed by atoms with Crippen LogP contribution in [0.15, 0.2) is 42.5 Å². The minimum absolute atomic E-state index is 0.101. The van der Waals surface area contributed by atoms with Crippen LogP contribution in [0.25, 0.3) is 0 Å². The number of nitrogens with zero attached hydrogens (tertiary/aromatic N) is 1. The monoisotopic (exact) mass is 434 g/mol. The molecule has 2 aromatic carbocycles. The summed E-state index contributed by atoms with van der Waals surface area (Å²) >= 11 is 1.86. The van der Waals surface area contributed by atoms with Crippen LogP contribution in [0.1, 0.15) is 56.5 Å². The molecule has 2 heterocycles. The van der Waals surface area contributed by atoms with E-state index in [-0.39, 0.29) is 17.9 Å². The molecule has 0 fully saturated rings. The molecule has 2 aliphatic rings. The van der Waals surface area contributed by atoms with E-state index >= 15 is 0 Å². The molecule has 0 bridgehead atoms. The number of urea groups is 1. The van der Waals surface area contributed by atoms with Gasteiger partial charge in [0, 0.05) is 22.0 Å². The second kappa shape index (κ2) is 8.12. The van der Waals surface area contributed by atoms with E-state index in [4.69, 9.17) is 0 Å². The molecule has 1 N–H and O–H groups in total. The third-order valence-corrected chi connectivity index (χ3v) is 7.78. The lowest BCUT2D eigenvalue weighted by Gasteiger charge is -2.36. The van der Waals surface area contributed by atoms with Gasteiger partial charge in [0.25, 0.3) is 0 Å². The predicted molar refractivity (Wildman–Crippen MR) is 125 cm³/mol. The lowest BCUT2D eigenvalue weighted by molar-refractivity contribution is 0.195. The van der Waals surface area contributed by atoms with Crippen molar-refractivity contribution in [1.82, 2.24) is 4.90 Å². The number of rotatable bonds is 2. The minimum Gasteiger partial charge on any atom is -0.312 e. The number of thiophene rings is 1. The second-order valence-corrected chi connectivity index (χ2v) is 9.89. The highest BCUT2D eigenvalue weighted by molar-refractivity contribution is 7.12. The normalized spacial score (nSPS) is 17.8. The number of hydrogen-bond donors (Lipinski definition) is 1. The van der Waals surface area contributed by atoms with Gasteiger partial charge in [0.2, 0.25) is 0 Å². The number of benzene rings is 2. The van der Waals surface area contributed by atoms with Gasteiger partial charge in [0.05, 0.1) is 6.04 Å². The van der Waals surface area contributed by atoms with E-state index < -0.39 is 0 Å². The number of hydrogen-bond acceptors (Lipinski definition) is 2. The van der Waals surface area contributed by atoms with E-state index in [1.165, 1.54) is 45.9 Å². The number of anilines is 1. The predicted octanol–water partition coefficient (Wildman–Crippen LogP) is 6.56. The van der Waals surface area contributed by atoms with Crippen LogP contribution in [-0.4, -0.2) is 17.5 Å². The van der Waals surface area contributed by atoms with Crippen molar-refractivity contribution in [2.75, 3.05) is 11.9 Å². The van der Waals surface area contributed by atoms with Crippen LogP contribution in [0.3, 0.4) is 0 Å². The summed E-state index contributed by atoms with van der Waals surface area (Å²) in [5, 5.41) is 3.11. The quantitative estimate of drug-likeness (QED) is 0.486. The van der Waals surface area contributed by atoms with E-state index in [0.717, 1.165) is 41.6 Å². The first kappa shape index (κ1) is 20.3.